The molecule has 0 spiro atoms. The SMILES string of the molecule is COc1ccc(-c2cnoc2C(C)N)cc1. The van der Waals surface area contributed by atoms with Crippen molar-refractivity contribution < 1.29 is 9.26 Å². The van der Waals surface area contributed by atoms with Crippen molar-refractivity contribution in [2.75, 3.05) is 7.11 Å². The molecule has 1 unspecified atom stereocenters. The van der Waals surface area contributed by atoms with Crippen LogP contribution >= 0.6 is 0 Å². The Kier molecular flexibility index (Phi) is 2.92. The lowest BCUT2D eigenvalue weighted by Crippen LogP contribution is -2.04. The minimum atomic E-state index is -0.167. The van der Waals surface area contributed by atoms with Crippen LogP contribution in [-0.2, 0) is 0 Å². The van der Waals surface area contributed by atoms with Crippen molar-refractivity contribution in [1.29, 1.82) is 0 Å². The number of nitrogens with two attached hydrogens (primary N) is 1. The predicted octanol–water partition coefficient (Wildman–Crippen LogP) is 2.37. The summed E-state index contributed by atoms with van der Waals surface area (Å²) in [6.45, 7) is 1.87. The van der Waals surface area contributed by atoms with Gasteiger partial charge in [-0.05, 0) is 24.6 Å². The van der Waals surface area contributed by atoms with E-state index in [1.807, 2.05) is 31.2 Å². The van der Waals surface area contributed by atoms with Crippen molar-refractivity contribution in [1.82, 2.24) is 5.16 Å². The molecule has 2 N–H and O–H groups in total. The predicted molar refractivity (Wildman–Crippen MR) is 61.1 cm³/mol. The van der Waals surface area contributed by atoms with Crippen LogP contribution in [0.25, 0.3) is 11.1 Å². The molecule has 4 nitrogen and oxygen atoms in total. The van der Waals surface area contributed by atoms with Gasteiger partial charge in [0.05, 0.1) is 19.3 Å². The van der Waals surface area contributed by atoms with Crippen molar-refractivity contribution in [3.63, 3.8) is 0 Å². The monoisotopic (exact) mass is 218 g/mol. The molecule has 2 rings (SSSR count). The summed E-state index contributed by atoms with van der Waals surface area (Å²) in [5.74, 6) is 1.52. The van der Waals surface area contributed by atoms with Crippen molar-refractivity contribution >= 4 is 0 Å². The molecule has 0 radical (unpaired) electrons. The average molecular weight is 218 g/mol. The van der Waals surface area contributed by atoms with Gasteiger partial charge in [-0.25, -0.2) is 0 Å². The molecule has 0 aliphatic rings. The molecule has 2 aromatic rings. The quantitative estimate of drug-likeness (QED) is 0.859. The van der Waals surface area contributed by atoms with E-state index in [1.165, 1.54) is 0 Å². The van der Waals surface area contributed by atoms with Crippen LogP contribution in [0.5, 0.6) is 5.75 Å². The summed E-state index contributed by atoms with van der Waals surface area (Å²) in [4.78, 5) is 0. The Morgan fingerprint density at radius 2 is 2.00 bits per heavy atom. The van der Waals surface area contributed by atoms with Gasteiger partial charge in [0.2, 0.25) is 0 Å². The highest BCUT2D eigenvalue weighted by Crippen LogP contribution is 2.28. The molecule has 84 valence electrons. The standard InChI is InChI=1S/C12H14N2O2/c1-8(13)12-11(7-14-16-12)9-3-5-10(15-2)6-4-9/h3-8H,13H2,1-2H3. The van der Waals surface area contributed by atoms with Crippen LogP contribution in [-0.4, -0.2) is 12.3 Å². The molecular weight excluding hydrogens is 204 g/mol. The summed E-state index contributed by atoms with van der Waals surface area (Å²) in [5, 5.41) is 3.78. The molecule has 0 aliphatic carbocycles. The Bertz CT molecular complexity index is 460. The number of nitrogens with zero attached hydrogens (tertiary/aromatic N) is 1. The second kappa shape index (κ2) is 4.37. The molecule has 0 amide bonds. The zero-order valence-corrected chi connectivity index (χ0v) is 9.31. The molecule has 0 aliphatic heterocycles. The second-order valence-electron chi connectivity index (χ2n) is 3.62. The van der Waals surface area contributed by atoms with Crippen LogP contribution in [0.1, 0.15) is 18.7 Å². The maximum absolute atomic E-state index is 5.79. The first-order chi connectivity index (χ1) is 7.72. The summed E-state index contributed by atoms with van der Waals surface area (Å²) < 4.78 is 10.2. The highest BCUT2D eigenvalue weighted by molar-refractivity contribution is 5.65. The largest absolute Gasteiger partial charge is 0.497 e. The number of hydrogen-bond donors (Lipinski definition) is 1. The minimum Gasteiger partial charge on any atom is -0.497 e. The third kappa shape index (κ3) is 1.92. The topological polar surface area (TPSA) is 61.3 Å². The fourth-order valence-electron chi connectivity index (χ4n) is 1.56. The van der Waals surface area contributed by atoms with Crippen LogP contribution in [0.4, 0.5) is 0 Å². The number of hydrogen-bond acceptors (Lipinski definition) is 4. The van der Waals surface area contributed by atoms with E-state index < -0.39 is 0 Å². The maximum atomic E-state index is 5.79. The molecule has 0 saturated carbocycles. The lowest BCUT2D eigenvalue weighted by Gasteiger charge is -2.05. The number of benzene rings is 1. The van der Waals surface area contributed by atoms with Crippen LogP contribution in [0, 0.1) is 0 Å². The van der Waals surface area contributed by atoms with Gasteiger partial charge >= 0.3 is 0 Å². The molecule has 0 saturated heterocycles. The van der Waals surface area contributed by atoms with Crippen LogP contribution < -0.4 is 10.5 Å². The van der Waals surface area contributed by atoms with Gasteiger partial charge in [-0.15, -0.1) is 0 Å². The van der Waals surface area contributed by atoms with Crippen LogP contribution in [0.15, 0.2) is 35.0 Å². The summed E-state index contributed by atoms with van der Waals surface area (Å²) in [7, 11) is 1.64. The number of ether oxygens (including phenoxy) is 1. The van der Waals surface area contributed by atoms with E-state index in [1.54, 1.807) is 13.3 Å². The van der Waals surface area contributed by atoms with Gasteiger partial charge in [-0.1, -0.05) is 17.3 Å². The molecule has 1 aromatic carbocycles. The van der Waals surface area contributed by atoms with E-state index in [-0.39, 0.29) is 6.04 Å². The average Bonchev–Trinajstić information content (AvgIpc) is 2.78. The Hall–Kier alpha value is -1.81. The lowest BCUT2D eigenvalue weighted by atomic mass is 10.0. The third-order valence-corrected chi connectivity index (χ3v) is 2.41. The summed E-state index contributed by atoms with van der Waals surface area (Å²) in [5.41, 5.74) is 7.74. The first-order valence-electron chi connectivity index (χ1n) is 5.07. The molecule has 0 bridgehead atoms. The Morgan fingerprint density at radius 1 is 1.31 bits per heavy atom. The zero-order valence-electron chi connectivity index (χ0n) is 9.31. The van der Waals surface area contributed by atoms with Gasteiger partial charge in [0.15, 0.2) is 5.76 Å². The smallest absolute Gasteiger partial charge is 0.160 e. The third-order valence-electron chi connectivity index (χ3n) is 2.41. The fourth-order valence-corrected chi connectivity index (χ4v) is 1.56. The van der Waals surface area contributed by atoms with Crippen molar-refractivity contribution in [3.05, 3.63) is 36.2 Å². The minimum absolute atomic E-state index is 0.167. The van der Waals surface area contributed by atoms with Gasteiger partial charge in [0.25, 0.3) is 0 Å². The van der Waals surface area contributed by atoms with E-state index in [9.17, 15) is 0 Å². The Balaban J connectivity index is 2.38. The molecule has 1 atom stereocenters. The summed E-state index contributed by atoms with van der Waals surface area (Å²) in [6, 6.07) is 7.54. The van der Waals surface area contributed by atoms with Gasteiger partial charge in [0, 0.05) is 5.56 Å². The molecule has 1 aromatic heterocycles. The molecular formula is C12H14N2O2. The Morgan fingerprint density at radius 3 is 2.56 bits per heavy atom. The highest BCUT2D eigenvalue weighted by Gasteiger charge is 2.13. The number of aromatic nitrogens is 1. The lowest BCUT2D eigenvalue weighted by molar-refractivity contribution is 0.368. The van der Waals surface area contributed by atoms with Crippen molar-refractivity contribution in [3.8, 4) is 16.9 Å². The first kappa shape index (κ1) is 10.7. The van der Waals surface area contributed by atoms with E-state index in [4.69, 9.17) is 15.0 Å². The van der Waals surface area contributed by atoms with E-state index in [0.29, 0.717) is 5.76 Å². The molecule has 0 fully saturated rings. The molecule has 4 heteroatoms. The van der Waals surface area contributed by atoms with E-state index >= 15 is 0 Å². The second-order valence-corrected chi connectivity index (χ2v) is 3.62. The summed E-state index contributed by atoms with van der Waals surface area (Å²) >= 11 is 0. The molecule has 16 heavy (non-hydrogen) atoms. The van der Waals surface area contributed by atoms with Crippen LogP contribution in [0.3, 0.4) is 0 Å². The van der Waals surface area contributed by atoms with Gasteiger partial charge in [0.1, 0.15) is 5.75 Å². The maximum Gasteiger partial charge on any atom is 0.160 e. The van der Waals surface area contributed by atoms with Crippen molar-refractivity contribution in [2.45, 2.75) is 13.0 Å². The van der Waals surface area contributed by atoms with Gasteiger partial charge in [-0.3, -0.25) is 0 Å². The van der Waals surface area contributed by atoms with Gasteiger partial charge in [-0.2, -0.15) is 0 Å². The number of methoxy groups -OCH3 is 1. The highest BCUT2D eigenvalue weighted by atomic mass is 16.5. The Labute approximate surface area is 94.0 Å². The zero-order chi connectivity index (χ0) is 11.5. The fraction of sp³-hybridized carbons (Fsp3) is 0.250. The van der Waals surface area contributed by atoms with E-state index in [0.717, 1.165) is 16.9 Å². The normalized spacial score (nSPS) is 12.4. The summed E-state index contributed by atoms with van der Waals surface area (Å²) in [6.07, 6.45) is 1.68. The van der Waals surface area contributed by atoms with E-state index in [2.05, 4.69) is 5.16 Å². The number of rotatable bonds is 3. The van der Waals surface area contributed by atoms with Crippen LogP contribution in [0.2, 0.25) is 0 Å². The van der Waals surface area contributed by atoms with Gasteiger partial charge < -0.3 is 15.0 Å². The van der Waals surface area contributed by atoms with Crippen molar-refractivity contribution in [2.24, 2.45) is 5.73 Å². The molecule has 1 heterocycles. The first-order valence-corrected chi connectivity index (χ1v) is 5.07.